The summed E-state index contributed by atoms with van der Waals surface area (Å²) < 4.78 is 4.69. The van der Waals surface area contributed by atoms with Crippen LogP contribution in [0.15, 0.2) is 24.3 Å². The van der Waals surface area contributed by atoms with Gasteiger partial charge in [0, 0.05) is 5.69 Å². The van der Waals surface area contributed by atoms with Crippen molar-refractivity contribution in [1.82, 2.24) is 5.32 Å². The summed E-state index contributed by atoms with van der Waals surface area (Å²) in [5.74, 6) is -0.492. The van der Waals surface area contributed by atoms with Gasteiger partial charge in [-0.2, -0.15) is 0 Å². The number of carbonyl (C=O) groups excluding carboxylic acids is 2. The molecule has 0 radical (unpaired) electrons. The maximum atomic E-state index is 12.0. The molecule has 0 heterocycles. The van der Waals surface area contributed by atoms with Gasteiger partial charge in [0.15, 0.2) is 0 Å². The van der Waals surface area contributed by atoms with Gasteiger partial charge in [-0.05, 0) is 24.0 Å². The number of esters is 1. The number of amides is 2. The highest BCUT2D eigenvalue weighted by atomic mass is 16.5. The normalized spacial score (nSPS) is 11.8. The summed E-state index contributed by atoms with van der Waals surface area (Å²) in [5.41, 5.74) is 1.79. The monoisotopic (exact) mass is 278 g/mol. The first kappa shape index (κ1) is 16.0. The molecule has 1 rings (SSSR count). The fourth-order valence-corrected chi connectivity index (χ4v) is 1.87. The van der Waals surface area contributed by atoms with Gasteiger partial charge in [-0.3, -0.25) is 0 Å². The van der Waals surface area contributed by atoms with Gasteiger partial charge in [-0.1, -0.05) is 39.0 Å². The van der Waals surface area contributed by atoms with E-state index >= 15 is 0 Å². The van der Waals surface area contributed by atoms with Crippen molar-refractivity contribution in [3.8, 4) is 0 Å². The van der Waals surface area contributed by atoms with Crippen LogP contribution in [-0.4, -0.2) is 25.2 Å². The summed E-state index contributed by atoms with van der Waals surface area (Å²) in [7, 11) is 1.31. The Hall–Kier alpha value is -2.04. The van der Waals surface area contributed by atoms with Gasteiger partial charge in [0.1, 0.15) is 6.04 Å². The van der Waals surface area contributed by atoms with E-state index in [-0.39, 0.29) is 5.92 Å². The van der Waals surface area contributed by atoms with Crippen LogP contribution in [0.25, 0.3) is 0 Å². The van der Waals surface area contributed by atoms with E-state index in [0.717, 1.165) is 17.7 Å². The third-order valence-electron chi connectivity index (χ3n) is 3.05. The van der Waals surface area contributed by atoms with Crippen molar-refractivity contribution in [2.75, 3.05) is 12.4 Å². The van der Waals surface area contributed by atoms with E-state index < -0.39 is 18.0 Å². The Morgan fingerprint density at radius 2 is 1.90 bits per heavy atom. The van der Waals surface area contributed by atoms with Crippen molar-refractivity contribution >= 4 is 17.7 Å². The van der Waals surface area contributed by atoms with E-state index in [2.05, 4.69) is 15.4 Å². The molecule has 0 saturated carbocycles. The zero-order valence-corrected chi connectivity index (χ0v) is 12.4. The second-order valence-electron chi connectivity index (χ2n) is 4.85. The topological polar surface area (TPSA) is 67.4 Å². The third-order valence-corrected chi connectivity index (χ3v) is 3.05. The largest absolute Gasteiger partial charge is 0.467 e. The molecule has 0 aromatic heterocycles. The second kappa shape index (κ2) is 7.53. The van der Waals surface area contributed by atoms with Gasteiger partial charge >= 0.3 is 12.0 Å². The number of benzene rings is 1. The molecule has 5 nitrogen and oxygen atoms in total. The first-order valence-electron chi connectivity index (χ1n) is 6.72. The molecule has 0 aliphatic heterocycles. The molecule has 1 atom stereocenters. The zero-order valence-electron chi connectivity index (χ0n) is 12.4. The summed E-state index contributed by atoms with van der Waals surface area (Å²) in [5, 5.41) is 5.41. The molecule has 1 aromatic rings. The fourth-order valence-electron chi connectivity index (χ4n) is 1.87. The Kier molecular flexibility index (Phi) is 6.03. The predicted molar refractivity (Wildman–Crippen MR) is 78.6 cm³/mol. The van der Waals surface area contributed by atoms with Crippen molar-refractivity contribution in [2.45, 2.75) is 33.2 Å². The highest BCUT2D eigenvalue weighted by molar-refractivity contribution is 5.93. The molecule has 0 aliphatic rings. The molecule has 0 spiro atoms. The quantitative estimate of drug-likeness (QED) is 0.813. The Bertz CT molecular complexity index is 472. The van der Waals surface area contributed by atoms with Crippen molar-refractivity contribution in [2.24, 2.45) is 5.92 Å². The molecule has 5 heteroatoms. The average molecular weight is 278 g/mol. The van der Waals surface area contributed by atoms with Crippen LogP contribution in [0.2, 0.25) is 0 Å². The number of ether oxygens (including phenoxy) is 1. The molecular weight excluding hydrogens is 256 g/mol. The van der Waals surface area contributed by atoms with Gasteiger partial charge in [0.05, 0.1) is 7.11 Å². The number of carbonyl (C=O) groups is 2. The Morgan fingerprint density at radius 1 is 1.25 bits per heavy atom. The number of nitrogens with one attached hydrogen (secondary N) is 2. The first-order chi connectivity index (χ1) is 9.49. The summed E-state index contributed by atoms with van der Waals surface area (Å²) in [6, 6.07) is 6.50. The van der Waals surface area contributed by atoms with E-state index in [4.69, 9.17) is 0 Å². The summed E-state index contributed by atoms with van der Waals surface area (Å²) in [6.45, 7) is 5.72. The highest BCUT2D eigenvalue weighted by Gasteiger charge is 2.24. The van der Waals surface area contributed by atoms with Crippen LogP contribution >= 0.6 is 0 Å². The maximum absolute atomic E-state index is 12.0. The molecule has 2 N–H and O–H groups in total. The van der Waals surface area contributed by atoms with E-state index in [1.54, 1.807) is 0 Å². The van der Waals surface area contributed by atoms with Gasteiger partial charge in [-0.25, -0.2) is 9.59 Å². The molecular formula is C15H22N2O3. The van der Waals surface area contributed by atoms with Crippen molar-refractivity contribution < 1.29 is 14.3 Å². The fraction of sp³-hybridized carbons (Fsp3) is 0.467. The number of methoxy groups -OCH3 is 1. The maximum Gasteiger partial charge on any atom is 0.328 e. The molecule has 0 fully saturated rings. The van der Waals surface area contributed by atoms with Gasteiger partial charge < -0.3 is 15.4 Å². The van der Waals surface area contributed by atoms with Crippen LogP contribution in [-0.2, 0) is 16.0 Å². The Balaban J connectivity index is 2.73. The van der Waals surface area contributed by atoms with Crippen LogP contribution < -0.4 is 10.6 Å². The standard InChI is InChI=1S/C15H22N2O3/c1-5-11-8-6-7-9-12(11)16-15(19)17-13(10(2)3)14(18)20-4/h6-10,13H,5H2,1-4H3,(H2,16,17,19). The Morgan fingerprint density at radius 3 is 2.45 bits per heavy atom. The highest BCUT2D eigenvalue weighted by Crippen LogP contribution is 2.15. The number of rotatable bonds is 5. The number of hydrogen-bond acceptors (Lipinski definition) is 3. The lowest BCUT2D eigenvalue weighted by atomic mass is 10.1. The van der Waals surface area contributed by atoms with E-state index in [0.29, 0.717) is 0 Å². The van der Waals surface area contributed by atoms with E-state index in [1.807, 2.05) is 45.0 Å². The van der Waals surface area contributed by atoms with Crippen LogP contribution in [0.4, 0.5) is 10.5 Å². The van der Waals surface area contributed by atoms with E-state index in [1.165, 1.54) is 7.11 Å². The molecule has 1 unspecified atom stereocenters. The van der Waals surface area contributed by atoms with Crippen LogP contribution in [0.5, 0.6) is 0 Å². The number of para-hydroxylation sites is 1. The zero-order chi connectivity index (χ0) is 15.1. The lowest BCUT2D eigenvalue weighted by molar-refractivity contribution is -0.143. The van der Waals surface area contributed by atoms with Gasteiger partial charge in [-0.15, -0.1) is 0 Å². The number of anilines is 1. The lowest BCUT2D eigenvalue weighted by Gasteiger charge is -2.20. The minimum absolute atomic E-state index is 0.0466. The third kappa shape index (κ3) is 4.26. The molecule has 2 amide bonds. The number of urea groups is 1. The van der Waals surface area contributed by atoms with Crippen molar-refractivity contribution in [1.29, 1.82) is 0 Å². The van der Waals surface area contributed by atoms with Crippen molar-refractivity contribution in [3.05, 3.63) is 29.8 Å². The minimum Gasteiger partial charge on any atom is -0.467 e. The van der Waals surface area contributed by atoms with Crippen molar-refractivity contribution in [3.63, 3.8) is 0 Å². The summed E-state index contributed by atoms with van der Waals surface area (Å²) in [6.07, 6.45) is 0.821. The summed E-state index contributed by atoms with van der Waals surface area (Å²) >= 11 is 0. The average Bonchev–Trinajstić information content (AvgIpc) is 2.44. The summed E-state index contributed by atoms with van der Waals surface area (Å²) in [4.78, 5) is 23.6. The number of aryl methyl sites for hydroxylation is 1. The molecule has 20 heavy (non-hydrogen) atoms. The van der Waals surface area contributed by atoms with Gasteiger partial charge in [0.25, 0.3) is 0 Å². The molecule has 1 aromatic carbocycles. The predicted octanol–water partition coefficient (Wildman–Crippen LogP) is 2.57. The second-order valence-corrected chi connectivity index (χ2v) is 4.85. The number of hydrogen-bond donors (Lipinski definition) is 2. The van der Waals surface area contributed by atoms with Gasteiger partial charge in [0.2, 0.25) is 0 Å². The van der Waals surface area contributed by atoms with Crippen LogP contribution in [0.1, 0.15) is 26.3 Å². The van der Waals surface area contributed by atoms with Crippen LogP contribution in [0.3, 0.4) is 0 Å². The molecule has 0 bridgehead atoms. The Labute approximate surface area is 119 Å². The lowest BCUT2D eigenvalue weighted by Crippen LogP contribution is -2.46. The first-order valence-corrected chi connectivity index (χ1v) is 6.72. The molecule has 0 saturated heterocycles. The minimum atomic E-state index is -0.659. The van der Waals surface area contributed by atoms with E-state index in [9.17, 15) is 9.59 Å². The molecule has 110 valence electrons. The molecule has 0 aliphatic carbocycles. The SMILES string of the molecule is CCc1ccccc1NC(=O)NC(C(=O)OC)C(C)C. The smallest absolute Gasteiger partial charge is 0.328 e. The van der Waals surface area contributed by atoms with Crippen LogP contribution in [0, 0.1) is 5.92 Å².